The molecule has 0 atom stereocenters. The summed E-state index contributed by atoms with van der Waals surface area (Å²) >= 11 is 7.21. The SMILES string of the molecule is Bc1nc(C)c(Cl)s1. The van der Waals surface area contributed by atoms with Gasteiger partial charge in [-0.2, -0.15) is 0 Å². The van der Waals surface area contributed by atoms with Gasteiger partial charge in [-0.25, -0.2) is 0 Å². The number of halogens is 1. The van der Waals surface area contributed by atoms with E-state index in [0.717, 1.165) is 14.9 Å². The van der Waals surface area contributed by atoms with Crippen LogP contribution in [0.4, 0.5) is 0 Å². The summed E-state index contributed by atoms with van der Waals surface area (Å²) in [7, 11) is 1.95. The number of hydrogen-bond acceptors (Lipinski definition) is 2. The number of nitrogens with zero attached hydrogens (tertiary/aromatic N) is 1. The van der Waals surface area contributed by atoms with Crippen LogP contribution in [0.5, 0.6) is 0 Å². The Labute approximate surface area is 58.1 Å². The van der Waals surface area contributed by atoms with E-state index in [2.05, 4.69) is 4.98 Å². The van der Waals surface area contributed by atoms with E-state index in [1.54, 1.807) is 0 Å². The molecular weight excluding hydrogens is 140 g/mol. The van der Waals surface area contributed by atoms with Gasteiger partial charge in [-0.15, -0.1) is 11.3 Å². The second-order valence-corrected chi connectivity index (χ2v) is 3.40. The van der Waals surface area contributed by atoms with Crippen LogP contribution in [-0.4, -0.2) is 12.8 Å². The molecule has 4 heteroatoms. The van der Waals surface area contributed by atoms with Gasteiger partial charge in [0.25, 0.3) is 0 Å². The Kier molecular flexibility index (Phi) is 1.58. The maximum atomic E-state index is 5.69. The lowest BCUT2D eigenvalue weighted by Crippen LogP contribution is -1.97. The standard InChI is InChI=1S/C4H5BClNS/c1-2-3(6)8-4(5)7-2/h5H2,1H3. The van der Waals surface area contributed by atoms with Crippen molar-refractivity contribution in [2.45, 2.75) is 6.92 Å². The monoisotopic (exact) mass is 145 g/mol. The van der Waals surface area contributed by atoms with Crippen molar-refractivity contribution in [1.29, 1.82) is 0 Å². The fraction of sp³-hybridized carbons (Fsp3) is 0.250. The van der Waals surface area contributed by atoms with E-state index in [9.17, 15) is 0 Å². The molecule has 0 fully saturated rings. The Morgan fingerprint density at radius 3 is 2.50 bits per heavy atom. The Hall–Kier alpha value is -0.0151. The predicted octanol–water partition coefficient (Wildman–Crippen LogP) is 0.363. The molecule has 0 aliphatic rings. The molecule has 1 aromatic rings. The Morgan fingerprint density at radius 2 is 2.38 bits per heavy atom. The number of aryl methyl sites for hydroxylation is 1. The minimum absolute atomic E-state index is 0.808. The van der Waals surface area contributed by atoms with E-state index < -0.39 is 0 Å². The zero-order valence-corrected chi connectivity index (χ0v) is 6.31. The van der Waals surface area contributed by atoms with Crippen LogP contribution in [0.3, 0.4) is 0 Å². The van der Waals surface area contributed by atoms with Gasteiger partial charge in [-0.05, 0) is 6.92 Å². The minimum atomic E-state index is 0.808. The molecule has 1 nitrogen and oxygen atoms in total. The molecule has 0 N–H and O–H groups in total. The summed E-state index contributed by atoms with van der Waals surface area (Å²) in [6.07, 6.45) is 0. The molecule has 0 aliphatic heterocycles. The van der Waals surface area contributed by atoms with Crippen LogP contribution in [0.2, 0.25) is 4.34 Å². The molecule has 0 radical (unpaired) electrons. The summed E-state index contributed by atoms with van der Waals surface area (Å²) in [5.74, 6) is 0. The molecule has 0 aromatic carbocycles. The predicted molar refractivity (Wildman–Crippen MR) is 40.0 cm³/mol. The summed E-state index contributed by atoms with van der Waals surface area (Å²) in [4.78, 5) is 5.13. The average molecular weight is 145 g/mol. The van der Waals surface area contributed by atoms with Crippen LogP contribution in [0, 0.1) is 6.92 Å². The van der Waals surface area contributed by atoms with E-state index in [1.807, 2.05) is 14.8 Å². The largest absolute Gasteiger partial charge is 0.256 e. The van der Waals surface area contributed by atoms with Gasteiger partial charge in [0, 0.05) is 4.91 Å². The van der Waals surface area contributed by atoms with Crippen molar-refractivity contribution in [2.24, 2.45) is 0 Å². The van der Waals surface area contributed by atoms with E-state index in [4.69, 9.17) is 11.6 Å². The second-order valence-electron chi connectivity index (χ2n) is 1.59. The molecule has 0 amide bonds. The first-order valence-corrected chi connectivity index (χ1v) is 3.49. The molecule has 1 rings (SSSR count). The zero-order valence-electron chi connectivity index (χ0n) is 4.73. The minimum Gasteiger partial charge on any atom is -0.256 e. The molecule has 0 spiro atoms. The Bertz CT molecular complexity index is 178. The summed E-state index contributed by atoms with van der Waals surface area (Å²) < 4.78 is 0.808. The lowest BCUT2D eigenvalue weighted by Gasteiger charge is -1.75. The van der Waals surface area contributed by atoms with Gasteiger partial charge in [-0.1, -0.05) is 11.6 Å². The Morgan fingerprint density at radius 1 is 1.75 bits per heavy atom. The van der Waals surface area contributed by atoms with Crippen molar-refractivity contribution < 1.29 is 0 Å². The van der Waals surface area contributed by atoms with Crippen molar-refractivity contribution in [3.8, 4) is 0 Å². The summed E-state index contributed by atoms with van der Waals surface area (Å²) in [6, 6.07) is 0. The molecule has 42 valence electrons. The molecule has 0 aliphatic carbocycles. The third-order valence-corrected chi connectivity index (χ3v) is 2.21. The highest BCUT2D eigenvalue weighted by molar-refractivity contribution is 7.23. The van der Waals surface area contributed by atoms with Gasteiger partial charge in [0.2, 0.25) is 0 Å². The van der Waals surface area contributed by atoms with Crippen LogP contribution >= 0.6 is 22.9 Å². The number of aromatic nitrogens is 1. The van der Waals surface area contributed by atoms with E-state index in [1.165, 1.54) is 11.3 Å². The highest BCUT2D eigenvalue weighted by Crippen LogP contribution is 2.15. The molecular formula is C4H5BClNS. The smallest absolute Gasteiger partial charge is 0.177 e. The highest BCUT2D eigenvalue weighted by Gasteiger charge is 1.97. The molecule has 0 bridgehead atoms. The lowest BCUT2D eigenvalue weighted by molar-refractivity contribution is 1.29. The first kappa shape index (κ1) is 6.11. The molecule has 1 heterocycles. The van der Waals surface area contributed by atoms with Crippen molar-refractivity contribution in [3.05, 3.63) is 10.0 Å². The fourth-order valence-electron chi connectivity index (χ4n) is 0.506. The first-order chi connectivity index (χ1) is 3.70. The van der Waals surface area contributed by atoms with Crippen LogP contribution in [0.1, 0.15) is 5.69 Å². The van der Waals surface area contributed by atoms with Crippen molar-refractivity contribution in [1.82, 2.24) is 4.98 Å². The molecule has 1 aromatic heterocycles. The van der Waals surface area contributed by atoms with E-state index in [-0.39, 0.29) is 0 Å². The van der Waals surface area contributed by atoms with E-state index in [0.29, 0.717) is 0 Å². The molecule has 0 saturated carbocycles. The normalized spacial score (nSPS) is 9.75. The summed E-state index contributed by atoms with van der Waals surface area (Å²) in [5.41, 5.74) is 0.939. The molecule has 0 saturated heterocycles. The maximum Gasteiger partial charge on any atom is 0.177 e. The van der Waals surface area contributed by atoms with Crippen molar-refractivity contribution in [3.63, 3.8) is 0 Å². The van der Waals surface area contributed by atoms with Crippen LogP contribution in [0.15, 0.2) is 0 Å². The Balaban J connectivity index is 3.14. The second kappa shape index (κ2) is 2.07. The highest BCUT2D eigenvalue weighted by atomic mass is 35.5. The summed E-state index contributed by atoms with van der Waals surface area (Å²) in [5, 5.41) is 0. The van der Waals surface area contributed by atoms with Gasteiger partial charge >= 0.3 is 0 Å². The molecule has 0 unspecified atom stereocenters. The fourth-order valence-corrected chi connectivity index (χ4v) is 1.52. The maximum absolute atomic E-state index is 5.69. The van der Waals surface area contributed by atoms with Crippen molar-refractivity contribution in [2.75, 3.05) is 0 Å². The first-order valence-electron chi connectivity index (χ1n) is 2.29. The number of thiazole rings is 1. The quantitative estimate of drug-likeness (QED) is 0.481. The van der Waals surface area contributed by atoms with Gasteiger partial charge < -0.3 is 0 Å². The lowest BCUT2D eigenvalue weighted by atomic mass is 10.2. The van der Waals surface area contributed by atoms with Gasteiger partial charge in [0.15, 0.2) is 7.85 Å². The summed E-state index contributed by atoms with van der Waals surface area (Å²) in [6.45, 7) is 1.91. The van der Waals surface area contributed by atoms with Gasteiger partial charge in [0.05, 0.1) is 5.69 Å². The third kappa shape index (κ3) is 1.04. The van der Waals surface area contributed by atoms with Crippen LogP contribution in [-0.2, 0) is 0 Å². The zero-order chi connectivity index (χ0) is 6.15. The molecule has 8 heavy (non-hydrogen) atoms. The van der Waals surface area contributed by atoms with Crippen molar-refractivity contribution >= 4 is 35.7 Å². The number of hydrogen-bond donors (Lipinski definition) is 0. The average Bonchev–Trinajstić information content (AvgIpc) is 1.85. The van der Waals surface area contributed by atoms with Crippen LogP contribution in [0.25, 0.3) is 0 Å². The van der Waals surface area contributed by atoms with Gasteiger partial charge in [0.1, 0.15) is 4.34 Å². The van der Waals surface area contributed by atoms with Crippen LogP contribution < -0.4 is 4.91 Å². The number of rotatable bonds is 0. The van der Waals surface area contributed by atoms with Gasteiger partial charge in [-0.3, -0.25) is 4.98 Å². The third-order valence-electron chi connectivity index (χ3n) is 0.847. The van der Waals surface area contributed by atoms with E-state index >= 15 is 0 Å². The topological polar surface area (TPSA) is 12.9 Å².